The summed E-state index contributed by atoms with van der Waals surface area (Å²) in [6.45, 7) is 9.80. The molecule has 2 nitrogen and oxygen atoms in total. The zero-order valence-corrected chi connectivity index (χ0v) is 17.0. The first-order valence-electron chi connectivity index (χ1n) is 9.51. The number of aryl methyl sites for hydroxylation is 2. The molecule has 0 fully saturated rings. The largest absolute Gasteiger partial charge is 0.457 e. The molecular weight excluding hydrogens is 351 g/mol. The van der Waals surface area contributed by atoms with Gasteiger partial charge in [0.2, 0.25) is 0 Å². The van der Waals surface area contributed by atoms with Crippen molar-refractivity contribution in [2.45, 2.75) is 39.7 Å². The van der Waals surface area contributed by atoms with E-state index in [-0.39, 0.29) is 11.2 Å². The number of ether oxygens (including phenoxy) is 2. The third-order valence-electron chi connectivity index (χ3n) is 4.97. The van der Waals surface area contributed by atoms with E-state index in [0.29, 0.717) is 24.7 Å². The fraction of sp³-hybridized carbons (Fsp3) is 0.280. The molecule has 0 aliphatic rings. The van der Waals surface area contributed by atoms with Crippen LogP contribution in [-0.4, -0.2) is 6.61 Å². The van der Waals surface area contributed by atoms with E-state index in [1.165, 1.54) is 28.8 Å². The van der Waals surface area contributed by atoms with E-state index < -0.39 is 0 Å². The molecule has 0 unspecified atom stereocenters. The van der Waals surface area contributed by atoms with E-state index in [1.807, 2.05) is 24.3 Å². The Morgan fingerprint density at radius 3 is 2.29 bits per heavy atom. The van der Waals surface area contributed by atoms with Crippen molar-refractivity contribution >= 4 is 0 Å². The standard InChI is InChI=1S/C25H27FO2/c1-18-8-9-21(14-19(18)2)25(3,4)17-27-16-20-6-5-7-24(15-20)28-23-12-10-22(26)11-13-23/h5-15H,16-17H2,1-4H3. The van der Waals surface area contributed by atoms with Crippen molar-refractivity contribution in [3.05, 3.63) is 94.8 Å². The van der Waals surface area contributed by atoms with Gasteiger partial charge in [0.25, 0.3) is 0 Å². The molecule has 0 heterocycles. The van der Waals surface area contributed by atoms with E-state index in [2.05, 4.69) is 45.9 Å². The van der Waals surface area contributed by atoms with Crippen LogP contribution in [0, 0.1) is 19.7 Å². The van der Waals surface area contributed by atoms with Gasteiger partial charge in [-0.25, -0.2) is 4.39 Å². The van der Waals surface area contributed by atoms with Crippen LogP contribution in [0.3, 0.4) is 0 Å². The average Bonchev–Trinajstić information content (AvgIpc) is 2.66. The third kappa shape index (κ3) is 5.20. The van der Waals surface area contributed by atoms with Crippen molar-refractivity contribution in [1.82, 2.24) is 0 Å². The summed E-state index contributed by atoms with van der Waals surface area (Å²) in [4.78, 5) is 0. The molecule has 0 saturated carbocycles. The minimum atomic E-state index is -0.277. The third-order valence-corrected chi connectivity index (χ3v) is 4.97. The Bertz CT molecular complexity index is 930. The predicted octanol–water partition coefficient (Wildman–Crippen LogP) is 6.73. The van der Waals surface area contributed by atoms with Gasteiger partial charge in [-0.15, -0.1) is 0 Å². The van der Waals surface area contributed by atoms with Crippen LogP contribution in [0.25, 0.3) is 0 Å². The topological polar surface area (TPSA) is 18.5 Å². The molecule has 146 valence electrons. The molecule has 0 atom stereocenters. The van der Waals surface area contributed by atoms with Gasteiger partial charge in [-0.1, -0.05) is 44.2 Å². The van der Waals surface area contributed by atoms with Gasteiger partial charge in [-0.3, -0.25) is 0 Å². The molecule has 28 heavy (non-hydrogen) atoms. The van der Waals surface area contributed by atoms with Gasteiger partial charge >= 0.3 is 0 Å². The Hall–Kier alpha value is -2.65. The predicted molar refractivity (Wildman–Crippen MR) is 112 cm³/mol. The monoisotopic (exact) mass is 378 g/mol. The summed E-state index contributed by atoms with van der Waals surface area (Å²) in [6, 6.07) is 20.4. The molecule has 0 saturated heterocycles. The van der Waals surface area contributed by atoms with Gasteiger partial charge in [-0.05, 0) is 72.5 Å². The zero-order valence-electron chi connectivity index (χ0n) is 17.0. The molecule has 3 aromatic rings. The maximum Gasteiger partial charge on any atom is 0.127 e. The van der Waals surface area contributed by atoms with E-state index in [4.69, 9.17) is 9.47 Å². The molecule has 3 rings (SSSR count). The molecule has 0 aliphatic heterocycles. The molecule has 0 radical (unpaired) electrons. The average molecular weight is 378 g/mol. The number of hydrogen-bond donors (Lipinski definition) is 0. The lowest BCUT2D eigenvalue weighted by atomic mass is 9.84. The van der Waals surface area contributed by atoms with Crippen molar-refractivity contribution in [1.29, 1.82) is 0 Å². The summed E-state index contributed by atoms with van der Waals surface area (Å²) in [5.41, 5.74) is 4.86. The van der Waals surface area contributed by atoms with Crippen LogP contribution in [-0.2, 0) is 16.8 Å². The van der Waals surface area contributed by atoms with Crippen molar-refractivity contribution in [3.8, 4) is 11.5 Å². The van der Waals surface area contributed by atoms with Crippen LogP contribution in [0.15, 0.2) is 66.7 Å². The molecule has 0 aromatic heterocycles. The highest BCUT2D eigenvalue weighted by Gasteiger charge is 2.21. The Morgan fingerprint density at radius 1 is 0.821 bits per heavy atom. The second-order valence-corrected chi connectivity index (χ2v) is 7.88. The maximum atomic E-state index is 13.0. The minimum Gasteiger partial charge on any atom is -0.457 e. The van der Waals surface area contributed by atoms with Crippen LogP contribution in [0.1, 0.15) is 36.1 Å². The highest BCUT2D eigenvalue weighted by atomic mass is 19.1. The summed E-state index contributed by atoms with van der Waals surface area (Å²) in [5.74, 6) is 1.04. The second-order valence-electron chi connectivity index (χ2n) is 7.88. The molecule has 0 N–H and O–H groups in total. The normalized spacial score (nSPS) is 11.5. The fourth-order valence-corrected chi connectivity index (χ4v) is 3.01. The highest BCUT2D eigenvalue weighted by molar-refractivity contribution is 5.35. The van der Waals surface area contributed by atoms with E-state index in [0.717, 1.165) is 5.56 Å². The van der Waals surface area contributed by atoms with Crippen molar-refractivity contribution in [3.63, 3.8) is 0 Å². The summed E-state index contributed by atoms with van der Waals surface area (Å²) in [6.07, 6.45) is 0. The zero-order chi connectivity index (χ0) is 20.1. The molecule has 0 bridgehead atoms. The smallest absolute Gasteiger partial charge is 0.127 e. The van der Waals surface area contributed by atoms with E-state index in [1.54, 1.807) is 12.1 Å². The lowest BCUT2D eigenvalue weighted by Crippen LogP contribution is -2.24. The molecular formula is C25H27FO2. The molecule has 0 amide bonds. The molecule has 3 heteroatoms. The minimum absolute atomic E-state index is 0.0688. The lowest BCUT2D eigenvalue weighted by Gasteiger charge is -2.26. The maximum absolute atomic E-state index is 13.0. The Balaban J connectivity index is 1.59. The first-order valence-corrected chi connectivity index (χ1v) is 9.51. The van der Waals surface area contributed by atoms with Gasteiger partial charge in [-0.2, -0.15) is 0 Å². The second kappa shape index (κ2) is 8.57. The van der Waals surface area contributed by atoms with Crippen LogP contribution >= 0.6 is 0 Å². The summed E-state index contributed by atoms with van der Waals surface area (Å²) >= 11 is 0. The van der Waals surface area contributed by atoms with Gasteiger partial charge < -0.3 is 9.47 Å². The number of rotatable bonds is 7. The lowest BCUT2D eigenvalue weighted by molar-refractivity contribution is 0.0824. The number of benzene rings is 3. The fourth-order valence-electron chi connectivity index (χ4n) is 3.01. The van der Waals surface area contributed by atoms with Crippen LogP contribution in [0.5, 0.6) is 11.5 Å². The Labute approximate surface area is 166 Å². The highest BCUT2D eigenvalue weighted by Crippen LogP contribution is 2.27. The quantitative estimate of drug-likeness (QED) is 0.454. The molecule has 3 aromatic carbocycles. The van der Waals surface area contributed by atoms with E-state index >= 15 is 0 Å². The summed E-state index contributed by atoms with van der Waals surface area (Å²) in [7, 11) is 0. The first kappa shape index (κ1) is 20.1. The van der Waals surface area contributed by atoms with Crippen LogP contribution < -0.4 is 4.74 Å². The van der Waals surface area contributed by atoms with Gasteiger partial charge in [0.05, 0.1) is 13.2 Å². The van der Waals surface area contributed by atoms with Gasteiger partial charge in [0, 0.05) is 5.41 Å². The Morgan fingerprint density at radius 2 is 1.57 bits per heavy atom. The summed E-state index contributed by atoms with van der Waals surface area (Å²) < 4.78 is 24.8. The molecule has 0 spiro atoms. The Kier molecular flexibility index (Phi) is 6.15. The van der Waals surface area contributed by atoms with Gasteiger partial charge in [0.1, 0.15) is 17.3 Å². The van der Waals surface area contributed by atoms with E-state index in [9.17, 15) is 4.39 Å². The van der Waals surface area contributed by atoms with Crippen molar-refractivity contribution in [2.75, 3.05) is 6.61 Å². The van der Waals surface area contributed by atoms with Crippen molar-refractivity contribution in [2.24, 2.45) is 0 Å². The van der Waals surface area contributed by atoms with Crippen LogP contribution in [0.4, 0.5) is 4.39 Å². The number of halogens is 1. The number of hydrogen-bond acceptors (Lipinski definition) is 2. The summed E-state index contributed by atoms with van der Waals surface area (Å²) in [5, 5.41) is 0. The van der Waals surface area contributed by atoms with Crippen LogP contribution in [0.2, 0.25) is 0 Å². The molecule has 0 aliphatic carbocycles. The van der Waals surface area contributed by atoms with Crippen molar-refractivity contribution < 1.29 is 13.9 Å². The van der Waals surface area contributed by atoms with Gasteiger partial charge in [0.15, 0.2) is 0 Å². The first-order chi connectivity index (χ1) is 13.3. The SMILES string of the molecule is Cc1ccc(C(C)(C)COCc2cccc(Oc3ccc(F)cc3)c2)cc1C.